The monoisotopic (exact) mass is 213 g/mol. The first-order chi connectivity index (χ1) is 6.61. The van der Waals surface area contributed by atoms with Crippen molar-refractivity contribution in [2.75, 3.05) is 14.1 Å². The van der Waals surface area contributed by atoms with Crippen molar-refractivity contribution in [1.29, 1.82) is 0 Å². The average Bonchev–Trinajstić information content (AvgIpc) is 2.02. The summed E-state index contributed by atoms with van der Waals surface area (Å²) < 4.78 is 0. The standard InChI is InChI=1S/C13H27NO/c1-9-13(10(2)3,12(4,5)6)11(15)14(7)8/h10H,9H2,1-8H3/t13-/m1/s1. The largest absolute Gasteiger partial charge is 0.348 e. The highest BCUT2D eigenvalue weighted by Crippen LogP contribution is 2.48. The normalized spacial score (nSPS) is 16.3. The van der Waals surface area contributed by atoms with E-state index in [2.05, 4.69) is 41.5 Å². The first-order valence-corrected chi connectivity index (χ1v) is 5.83. The van der Waals surface area contributed by atoms with Crippen LogP contribution in [0.15, 0.2) is 0 Å². The van der Waals surface area contributed by atoms with Crippen LogP contribution in [-0.2, 0) is 4.79 Å². The van der Waals surface area contributed by atoms with Gasteiger partial charge in [0.05, 0.1) is 5.41 Å². The highest BCUT2D eigenvalue weighted by atomic mass is 16.2. The van der Waals surface area contributed by atoms with Crippen LogP contribution in [-0.4, -0.2) is 24.9 Å². The van der Waals surface area contributed by atoms with E-state index < -0.39 is 0 Å². The van der Waals surface area contributed by atoms with Crippen LogP contribution in [0.4, 0.5) is 0 Å². The molecule has 0 spiro atoms. The quantitative estimate of drug-likeness (QED) is 0.705. The maximum absolute atomic E-state index is 12.4. The van der Waals surface area contributed by atoms with E-state index in [0.717, 1.165) is 6.42 Å². The first-order valence-electron chi connectivity index (χ1n) is 5.83. The first kappa shape index (κ1) is 14.5. The fraction of sp³-hybridized carbons (Fsp3) is 0.923. The molecule has 0 radical (unpaired) electrons. The molecular weight excluding hydrogens is 186 g/mol. The van der Waals surface area contributed by atoms with Crippen molar-refractivity contribution < 1.29 is 4.79 Å². The Bertz CT molecular complexity index is 225. The predicted octanol–water partition coefficient (Wildman–Crippen LogP) is 3.17. The Kier molecular flexibility index (Phi) is 4.38. The second-order valence-corrected chi connectivity index (χ2v) is 5.93. The summed E-state index contributed by atoms with van der Waals surface area (Å²) >= 11 is 0. The minimum atomic E-state index is -0.253. The van der Waals surface area contributed by atoms with Gasteiger partial charge in [0.2, 0.25) is 5.91 Å². The van der Waals surface area contributed by atoms with Gasteiger partial charge in [-0.1, -0.05) is 41.5 Å². The summed E-state index contributed by atoms with van der Waals surface area (Å²) in [5, 5.41) is 0. The molecule has 0 unspecified atom stereocenters. The van der Waals surface area contributed by atoms with Crippen LogP contribution in [0.2, 0.25) is 0 Å². The molecule has 0 saturated heterocycles. The van der Waals surface area contributed by atoms with Gasteiger partial charge in [-0.2, -0.15) is 0 Å². The maximum Gasteiger partial charge on any atom is 0.229 e. The van der Waals surface area contributed by atoms with Crippen molar-refractivity contribution in [3.8, 4) is 0 Å². The average molecular weight is 213 g/mol. The predicted molar refractivity (Wildman–Crippen MR) is 65.7 cm³/mol. The fourth-order valence-corrected chi connectivity index (χ4v) is 2.92. The van der Waals surface area contributed by atoms with Gasteiger partial charge < -0.3 is 4.90 Å². The van der Waals surface area contributed by atoms with Gasteiger partial charge in [-0.05, 0) is 17.8 Å². The number of hydrogen-bond acceptors (Lipinski definition) is 1. The van der Waals surface area contributed by atoms with Gasteiger partial charge in [0, 0.05) is 14.1 Å². The van der Waals surface area contributed by atoms with Gasteiger partial charge in [-0.25, -0.2) is 0 Å². The van der Waals surface area contributed by atoms with Gasteiger partial charge in [0.1, 0.15) is 0 Å². The number of carbonyl (C=O) groups excluding carboxylic acids is 1. The molecule has 0 aliphatic carbocycles. The van der Waals surface area contributed by atoms with E-state index in [1.54, 1.807) is 4.90 Å². The van der Waals surface area contributed by atoms with Crippen molar-refractivity contribution in [2.45, 2.75) is 48.0 Å². The molecule has 0 saturated carbocycles. The molecule has 0 aliphatic heterocycles. The lowest BCUT2D eigenvalue weighted by Gasteiger charge is -2.47. The Hall–Kier alpha value is -0.530. The molecule has 0 N–H and O–H groups in total. The molecule has 2 heteroatoms. The van der Waals surface area contributed by atoms with E-state index in [1.807, 2.05) is 14.1 Å². The van der Waals surface area contributed by atoms with Gasteiger partial charge in [0.15, 0.2) is 0 Å². The fourth-order valence-electron chi connectivity index (χ4n) is 2.92. The van der Waals surface area contributed by atoms with Crippen LogP contribution in [0, 0.1) is 16.7 Å². The molecule has 0 bridgehead atoms. The molecule has 0 fully saturated rings. The van der Waals surface area contributed by atoms with Gasteiger partial charge in [-0.15, -0.1) is 0 Å². The molecule has 0 aromatic rings. The summed E-state index contributed by atoms with van der Waals surface area (Å²) in [5.74, 6) is 0.616. The Labute approximate surface area is 95.0 Å². The molecule has 90 valence electrons. The minimum Gasteiger partial charge on any atom is -0.348 e. The van der Waals surface area contributed by atoms with Gasteiger partial charge in [-0.3, -0.25) is 4.79 Å². The van der Waals surface area contributed by atoms with Crippen LogP contribution < -0.4 is 0 Å². The third-order valence-electron chi connectivity index (χ3n) is 3.67. The molecule has 0 heterocycles. The lowest BCUT2D eigenvalue weighted by atomic mass is 9.58. The minimum absolute atomic E-state index is 0.00271. The lowest BCUT2D eigenvalue weighted by molar-refractivity contribution is -0.151. The summed E-state index contributed by atoms with van der Waals surface area (Å²) in [6, 6.07) is 0. The topological polar surface area (TPSA) is 20.3 Å². The molecule has 0 rings (SSSR count). The summed E-state index contributed by atoms with van der Waals surface area (Å²) in [5.41, 5.74) is -0.256. The molecule has 15 heavy (non-hydrogen) atoms. The van der Waals surface area contributed by atoms with Crippen LogP contribution in [0.3, 0.4) is 0 Å². The van der Waals surface area contributed by atoms with Gasteiger partial charge in [0.25, 0.3) is 0 Å². The number of amides is 1. The maximum atomic E-state index is 12.4. The van der Waals surface area contributed by atoms with Crippen molar-refractivity contribution >= 4 is 5.91 Å². The molecule has 0 aromatic heterocycles. The van der Waals surface area contributed by atoms with E-state index in [4.69, 9.17) is 0 Å². The van der Waals surface area contributed by atoms with Crippen LogP contribution >= 0.6 is 0 Å². The zero-order valence-electron chi connectivity index (χ0n) is 11.6. The van der Waals surface area contributed by atoms with Crippen LogP contribution in [0.25, 0.3) is 0 Å². The third kappa shape index (κ3) is 2.35. The Morgan fingerprint density at radius 3 is 1.67 bits per heavy atom. The highest BCUT2D eigenvalue weighted by molar-refractivity contribution is 5.83. The van der Waals surface area contributed by atoms with E-state index in [1.165, 1.54) is 0 Å². The van der Waals surface area contributed by atoms with E-state index in [0.29, 0.717) is 5.92 Å². The van der Waals surface area contributed by atoms with Crippen molar-refractivity contribution in [3.05, 3.63) is 0 Å². The summed E-state index contributed by atoms with van der Waals surface area (Å²) in [6.07, 6.45) is 0.894. The third-order valence-corrected chi connectivity index (χ3v) is 3.67. The zero-order chi connectivity index (χ0) is 12.4. The number of carbonyl (C=O) groups is 1. The Morgan fingerprint density at radius 2 is 1.60 bits per heavy atom. The number of hydrogen-bond donors (Lipinski definition) is 0. The summed E-state index contributed by atoms with van der Waals surface area (Å²) in [7, 11) is 3.70. The summed E-state index contributed by atoms with van der Waals surface area (Å²) in [4.78, 5) is 14.1. The molecular formula is C13H27NO. The lowest BCUT2D eigenvalue weighted by Crippen LogP contribution is -2.51. The van der Waals surface area contributed by atoms with Crippen molar-refractivity contribution in [1.82, 2.24) is 4.90 Å². The van der Waals surface area contributed by atoms with Crippen molar-refractivity contribution in [2.24, 2.45) is 16.7 Å². The smallest absolute Gasteiger partial charge is 0.229 e. The Morgan fingerprint density at radius 1 is 1.20 bits per heavy atom. The molecule has 2 nitrogen and oxygen atoms in total. The van der Waals surface area contributed by atoms with Crippen LogP contribution in [0.5, 0.6) is 0 Å². The summed E-state index contributed by atoms with van der Waals surface area (Å²) in [6.45, 7) is 12.9. The molecule has 1 atom stereocenters. The molecule has 1 amide bonds. The Balaban J connectivity index is 5.47. The second kappa shape index (κ2) is 4.54. The molecule has 0 aliphatic rings. The number of nitrogens with zero attached hydrogens (tertiary/aromatic N) is 1. The zero-order valence-corrected chi connectivity index (χ0v) is 11.6. The highest BCUT2D eigenvalue weighted by Gasteiger charge is 2.49. The second-order valence-electron chi connectivity index (χ2n) is 5.93. The van der Waals surface area contributed by atoms with Crippen LogP contribution in [0.1, 0.15) is 48.0 Å². The van der Waals surface area contributed by atoms with E-state index in [-0.39, 0.29) is 16.7 Å². The van der Waals surface area contributed by atoms with Gasteiger partial charge >= 0.3 is 0 Å². The SMILES string of the molecule is CC[C@](C(=O)N(C)C)(C(C)C)C(C)(C)C. The van der Waals surface area contributed by atoms with E-state index in [9.17, 15) is 4.79 Å². The number of rotatable bonds is 3. The van der Waals surface area contributed by atoms with Crippen molar-refractivity contribution in [3.63, 3.8) is 0 Å². The molecule has 0 aromatic carbocycles. The van der Waals surface area contributed by atoms with E-state index >= 15 is 0 Å².